The first-order valence-electron chi connectivity index (χ1n) is 5.32. The zero-order valence-electron chi connectivity index (χ0n) is 11.8. The van der Waals surface area contributed by atoms with Crippen LogP contribution in [0.5, 0.6) is 0 Å². The molecule has 0 N–H and O–H groups in total. The standard InChI is InChI=1S/C10H19O6P.2Li/c1-9(2)10(11)15-7-5-3-4-6-8-16-17(12,13)14;;/h1,3-8H2,2H3,(H2,12,13,14);;/q;2*+1/p-2. The van der Waals surface area contributed by atoms with Crippen molar-refractivity contribution >= 4 is 13.8 Å². The fourth-order valence-electron chi connectivity index (χ4n) is 1.02. The maximum atomic E-state index is 10.9. The van der Waals surface area contributed by atoms with Crippen LogP contribution in [0.1, 0.15) is 32.6 Å². The molecule has 0 spiro atoms. The first-order valence-corrected chi connectivity index (χ1v) is 6.78. The van der Waals surface area contributed by atoms with E-state index in [-0.39, 0.29) is 44.3 Å². The van der Waals surface area contributed by atoms with Gasteiger partial charge in [-0.25, -0.2) is 4.79 Å². The summed E-state index contributed by atoms with van der Waals surface area (Å²) < 4.78 is 19.0. The van der Waals surface area contributed by atoms with Crippen LogP contribution in [0.15, 0.2) is 12.2 Å². The number of phosphoric acid groups is 1. The van der Waals surface area contributed by atoms with E-state index in [1.54, 1.807) is 6.92 Å². The molecular weight excluding hydrogens is 261 g/mol. The van der Waals surface area contributed by atoms with Gasteiger partial charge in [0.15, 0.2) is 0 Å². The van der Waals surface area contributed by atoms with Crippen LogP contribution >= 0.6 is 7.82 Å². The summed E-state index contributed by atoms with van der Waals surface area (Å²) in [5.41, 5.74) is 0.361. The minimum absolute atomic E-state index is 0. The van der Waals surface area contributed by atoms with Gasteiger partial charge in [-0.05, 0) is 26.2 Å². The monoisotopic (exact) mass is 278 g/mol. The molecule has 6 nitrogen and oxygen atoms in total. The first-order chi connectivity index (χ1) is 7.83. The molecule has 9 heteroatoms. The Morgan fingerprint density at radius 1 is 1.11 bits per heavy atom. The van der Waals surface area contributed by atoms with E-state index in [4.69, 9.17) is 4.74 Å². The van der Waals surface area contributed by atoms with Crippen molar-refractivity contribution in [2.75, 3.05) is 13.2 Å². The molecule has 0 amide bonds. The predicted octanol–water partition coefficient (Wildman–Crippen LogP) is -5.48. The predicted molar refractivity (Wildman–Crippen MR) is 57.8 cm³/mol. The van der Waals surface area contributed by atoms with Gasteiger partial charge in [0.1, 0.15) is 0 Å². The van der Waals surface area contributed by atoms with Gasteiger partial charge in [0.05, 0.1) is 21.0 Å². The summed E-state index contributed by atoms with van der Waals surface area (Å²) in [5.74, 6) is -0.410. The van der Waals surface area contributed by atoms with Crippen molar-refractivity contribution in [3.05, 3.63) is 12.2 Å². The Hall–Kier alpha value is 0.515. The van der Waals surface area contributed by atoms with Gasteiger partial charge in [0, 0.05) is 5.57 Å². The fourth-order valence-corrected chi connectivity index (χ4v) is 1.37. The minimum Gasteiger partial charge on any atom is -0.790 e. The van der Waals surface area contributed by atoms with Crippen LogP contribution in [0.2, 0.25) is 0 Å². The zero-order chi connectivity index (χ0) is 13.3. The van der Waals surface area contributed by atoms with Gasteiger partial charge >= 0.3 is 43.7 Å². The third kappa shape index (κ3) is 18.5. The summed E-state index contributed by atoms with van der Waals surface area (Å²) in [5, 5.41) is 0. The normalized spacial score (nSPS) is 10.1. The second-order valence-electron chi connectivity index (χ2n) is 3.61. The maximum absolute atomic E-state index is 10.9. The van der Waals surface area contributed by atoms with Gasteiger partial charge in [0.2, 0.25) is 0 Å². The van der Waals surface area contributed by atoms with Crippen LogP contribution in [0.3, 0.4) is 0 Å². The molecule has 0 heterocycles. The molecule has 0 aliphatic carbocycles. The Kier molecular flexibility index (Phi) is 17.4. The molecule has 0 bridgehead atoms. The second-order valence-corrected chi connectivity index (χ2v) is 4.76. The zero-order valence-corrected chi connectivity index (χ0v) is 12.7. The maximum Gasteiger partial charge on any atom is 1.00 e. The molecule has 0 unspecified atom stereocenters. The van der Waals surface area contributed by atoms with Crippen molar-refractivity contribution in [1.82, 2.24) is 0 Å². The fraction of sp³-hybridized carbons (Fsp3) is 0.700. The van der Waals surface area contributed by atoms with Gasteiger partial charge in [-0.1, -0.05) is 13.0 Å². The van der Waals surface area contributed by atoms with Crippen molar-refractivity contribution in [1.29, 1.82) is 0 Å². The van der Waals surface area contributed by atoms with E-state index in [9.17, 15) is 19.1 Å². The van der Waals surface area contributed by atoms with Crippen molar-refractivity contribution in [3.63, 3.8) is 0 Å². The molecular formula is C10H17Li2O6P. The van der Waals surface area contributed by atoms with Crippen molar-refractivity contribution in [3.8, 4) is 0 Å². The Labute approximate surface area is 137 Å². The number of carbonyl (C=O) groups is 1. The Morgan fingerprint density at radius 2 is 1.58 bits per heavy atom. The molecule has 0 aliphatic heterocycles. The van der Waals surface area contributed by atoms with E-state index < -0.39 is 13.8 Å². The van der Waals surface area contributed by atoms with Crippen molar-refractivity contribution < 1.29 is 66.1 Å². The second kappa shape index (κ2) is 13.5. The summed E-state index contributed by atoms with van der Waals surface area (Å²) in [7, 11) is -4.83. The Morgan fingerprint density at radius 3 is 2.00 bits per heavy atom. The minimum atomic E-state index is -4.83. The van der Waals surface area contributed by atoms with Gasteiger partial charge < -0.3 is 23.6 Å². The molecule has 0 atom stereocenters. The largest absolute Gasteiger partial charge is 1.00 e. The van der Waals surface area contributed by atoms with E-state index in [1.807, 2.05) is 0 Å². The van der Waals surface area contributed by atoms with E-state index in [2.05, 4.69) is 11.1 Å². The van der Waals surface area contributed by atoms with Crippen LogP contribution in [-0.4, -0.2) is 19.2 Å². The van der Waals surface area contributed by atoms with Crippen LogP contribution in [0, 0.1) is 0 Å². The van der Waals surface area contributed by atoms with Gasteiger partial charge in [0.25, 0.3) is 0 Å². The number of carbonyl (C=O) groups excluding carboxylic acids is 1. The van der Waals surface area contributed by atoms with Crippen LogP contribution in [0.25, 0.3) is 0 Å². The van der Waals surface area contributed by atoms with Crippen LogP contribution < -0.4 is 47.5 Å². The molecule has 0 fully saturated rings. The molecule has 0 aliphatic rings. The number of esters is 1. The molecule has 0 rings (SSSR count). The molecule has 100 valence electrons. The molecule has 0 aromatic rings. The Bertz CT molecular complexity index is 304. The number of unbranched alkanes of at least 4 members (excludes halogenated alkanes) is 3. The smallest absolute Gasteiger partial charge is 0.790 e. The number of hydrogen-bond donors (Lipinski definition) is 0. The number of ether oxygens (including phenoxy) is 1. The molecule has 0 aromatic heterocycles. The van der Waals surface area contributed by atoms with Crippen LogP contribution in [-0.2, 0) is 18.6 Å². The van der Waals surface area contributed by atoms with E-state index >= 15 is 0 Å². The topological polar surface area (TPSA) is 98.7 Å². The molecule has 0 aromatic carbocycles. The van der Waals surface area contributed by atoms with E-state index in [0.717, 1.165) is 6.42 Å². The molecule has 0 saturated carbocycles. The SMILES string of the molecule is C=C(C)C(=O)OCCCCCCOP(=O)([O-])[O-].[Li+].[Li+]. The number of hydrogen-bond acceptors (Lipinski definition) is 6. The van der Waals surface area contributed by atoms with Crippen molar-refractivity contribution in [2.24, 2.45) is 0 Å². The average molecular weight is 278 g/mol. The van der Waals surface area contributed by atoms with Gasteiger partial charge in [-0.2, -0.15) is 0 Å². The first kappa shape index (κ1) is 24.5. The Balaban J connectivity index is -0.00000128. The third-order valence-electron chi connectivity index (χ3n) is 1.87. The quantitative estimate of drug-likeness (QED) is 0.137. The van der Waals surface area contributed by atoms with Gasteiger partial charge in [-0.3, -0.25) is 0 Å². The summed E-state index contributed by atoms with van der Waals surface area (Å²) in [6.07, 6.45) is 2.66. The van der Waals surface area contributed by atoms with Crippen molar-refractivity contribution in [2.45, 2.75) is 32.6 Å². The third-order valence-corrected chi connectivity index (χ3v) is 2.37. The number of rotatable bonds is 9. The molecule has 0 radical (unpaired) electrons. The summed E-state index contributed by atoms with van der Waals surface area (Å²) in [4.78, 5) is 31.1. The molecule has 0 saturated heterocycles. The average Bonchev–Trinajstić information content (AvgIpc) is 2.19. The molecule has 19 heavy (non-hydrogen) atoms. The van der Waals surface area contributed by atoms with E-state index in [1.165, 1.54) is 0 Å². The summed E-state index contributed by atoms with van der Waals surface area (Å²) in [6, 6.07) is 0. The number of phosphoric ester groups is 1. The summed E-state index contributed by atoms with van der Waals surface area (Å²) >= 11 is 0. The van der Waals surface area contributed by atoms with Gasteiger partial charge in [-0.15, -0.1) is 0 Å². The van der Waals surface area contributed by atoms with E-state index in [0.29, 0.717) is 31.4 Å². The van der Waals surface area contributed by atoms with Crippen LogP contribution in [0.4, 0.5) is 0 Å². The summed E-state index contributed by atoms with van der Waals surface area (Å²) in [6.45, 7) is 5.24.